The molecule has 2 nitrogen and oxygen atoms in total. The molecule has 0 bridgehead atoms. The number of nitrogens with one attached hydrogen (secondary N) is 1. The maximum atomic E-state index is 14.2. The van der Waals surface area contributed by atoms with Crippen molar-refractivity contribution in [2.24, 2.45) is 0 Å². The normalized spacial score (nSPS) is 12.2. The molecule has 0 aliphatic carbocycles. The van der Waals surface area contributed by atoms with Crippen molar-refractivity contribution in [2.45, 2.75) is 19.9 Å². The van der Waals surface area contributed by atoms with Gasteiger partial charge in [-0.2, -0.15) is 0 Å². The monoisotopic (exact) mass is 351 g/mol. The summed E-state index contributed by atoms with van der Waals surface area (Å²) in [7, 11) is 0. The van der Waals surface area contributed by atoms with E-state index in [0.29, 0.717) is 12.2 Å². The van der Waals surface area contributed by atoms with Gasteiger partial charge in [-0.1, -0.05) is 41.1 Å². The van der Waals surface area contributed by atoms with Crippen LogP contribution in [-0.2, 0) is 0 Å². The first kappa shape index (κ1) is 16.0. The van der Waals surface area contributed by atoms with Crippen LogP contribution in [-0.4, -0.2) is 13.2 Å². The molecule has 1 N–H and O–H groups in total. The van der Waals surface area contributed by atoms with Gasteiger partial charge in [0, 0.05) is 15.6 Å². The third-order valence-electron chi connectivity index (χ3n) is 3.21. The Balaban J connectivity index is 2.50. The Kier molecular flexibility index (Phi) is 5.76. The molecule has 21 heavy (non-hydrogen) atoms. The minimum Gasteiger partial charge on any atom is -0.494 e. The third-order valence-corrected chi connectivity index (χ3v) is 3.70. The number of benzene rings is 2. The van der Waals surface area contributed by atoms with Crippen LogP contribution in [0.15, 0.2) is 46.9 Å². The molecule has 0 spiro atoms. The highest BCUT2D eigenvalue weighted by Gasteiger charge is 2.20. The largest absolute Gasteiger partial charge is 0.494 e. The zero-order valence-electron chi connectivity index (χ0n) is 12.2. The van der Waals surface area contributed by atoms with E-state index in [2.05, 4.69) is 21.2 Å². The molecule has 0 aromatic heterocycles. The van der Waals surface area contributed by atoms with Crippen molar-refractivity contribution < 1.29 is 9.13 Å². The zero-order valence-corrected chi connectivity index (χ0v) is 13.8. The van der Waals surface area contributed by atoms with Crippen molar-refractivity contribution in [1.82, 2.24) is 5.32 Å². The van der Waals surface area contributed by atoms with Crippen LogP contribution in [0.4, 0.5) is 4.39 Å². The van der Waals surface area contributed by atoms with Crippen molar-refractivity contribution in [1.29, 1.82) is 0 Å². The van der Waals surface area contributed by atoms with Gasteiger partial charge in [0.25, 0.3) is 0 Å². The van der Waals surface area contributed by atoms with Gasteiger partial charge in [0.05, 0.1) is 12.6 Å². The fourth-order valence-corrected chi connectivity index (χ4v) is 2.71. The lowest BCUT2D eigenvalue weighted by Gasteiger charge is -2.22. The molecule has 0 radical (unpaired) electrons. The molecule has 1 unspecified atom stereocenters. The first-order chi connectivity index (χ1) is 10.2. The molecule has 0 saturated carbocycles. The molecule has 112 valence electrons. The van der Waals surface area contributed by atoms with Gasteiger partial charge in [0.2, 0.25) is 0 Å². The summed E-state index contributed by atoms with van der Waals surface area (Å²) in [5.74, 6) is 0.556. The first-order valence-electron chi connectivity index (χ1n) is 7.07. The minimum atomic E-state index is -0.241. The van der Waals surface area contributed by atoms with E-state index >= 15 is 0 Å². The van der Waals surface area contributed by atoms with Crippen molar-refractivity contribution in [3.05, 3.63) is 63.9 Å². The second-order valence-electron chi connectivity index (χ2n) is 4.63. The minimum absolute atomic E-state index is 0.226. The zero-order chi connectivity index (χ0) is 15.2. The van der Waals surface area contributed by atoms with Crippen LogP contribution in [0.3, 0.4) is 0 Å². The predicted octanol–water partition coefficient (Wildman–Crippen LogP) is 4.69. The number of halogens is 2. The summed E-state index contributed by atoms with van der Waals surface area (Å²) in [6, 6.07) is 12.5. The molecule has 0 amide bonds. The molecule has 0 aliphatic rings. The number of ether oxygens (including phenoxy) is 1. The summed E-state index contributed by atoms with van der Waals surface area (Å²) in [5.41, 5.74) is 1.55. The molecule has 0 heterocycles. The van der Waals surface area contributed by atoms with Gasteiger partial charge >= 0.3 is 0 Å². The highest BCUT2D eigenvalue weighted by atomic mass is 79.9. The maximum absolute atomic E-state index is 14.2. The topological polar surface area (TPSA) is 21.3 Å². The van der Waals surface area contributed by atoms with Crippen LogP contribution in [0.5, 0.6) is 5.75 Å². The van der Waals surface area contributed by atoms with E-state index in [9.17, 15) is 4.39 Å². The molecule has 1 atom stereocenters. The van der Waals surface area contributed by atoms with E-state index in [0.717, 1.165) is 22.3 Å². The van der Waals surface area contributed by atoms with Gasteiger partial charge in [-0.3, -0.25) is 0 Å². The van der Waals surface area contributed by atoms with Gasteiger partial charge in [0.1, 0.15) is 11.6 Å². The number of para-hydroxylation sites is 1. The number of hydrogen-bond acceptors (Lipinski definition) is 2. The van der Waals surface area contributed by atoms with Crippen LogP contribution < -0.4 is 10.1 Å². The molecule has 4 heteroatoms. The van der Waals surface area contributed by atoms with Crippen LogP contribution in [0, 0.1) is 5.82 Å². The van der Waals surface area contributed by atoms with Crippen LogP contribution >= 0.6 is 15.9 Å². The van der Waals surface area contributed by atoms with Crippen molar-refractivity contribution >= 4 is 15.9 Å². The molecule has 2 rings (SSSR count). The van der Waals surface area contributed by atoms with Crippen molar-refractivity contribution in [3.8, 4) is 5.75 Å². The van der Waals surface area contributed by atoms with Gasteiger partial charge < -0.3 is 10.1 Å². The van der Waals surface area contributed by atoms with Crippen LogP contribution in [0.2, 0.25) is 0 Å². The van der Waals surface area contributed by atoms with E-state index in [1.54, 1.807) is 6.07 Å². The summed E-state index contributed by atoms with van der Waals surface area (Å²) < 4.78 is 20.8. The molecular weight excluding hydrogens is 333 g/mol. The Morgan fingerprint density at radius 2 is 1.90 bits per heavy atom. The average Bonchev–Trinajstić information content (AvgIpc) is 2.49. The lowest BCUT2D eigenvalue weighted by molar-refractivity contribution is 0.333. The van der Waals surface area contributed by atoms with E-state index in [1.807, 2.05) is 44.2 Å². The summed E-state index contributed by atoms with van der Waals surface area (Å²) in [6.45, 7) is 5.26. The summed E-state index contributed by atoms with van der Waals surface area (Å²) in [6.07, 6.45) is 0. The standard InChI is InChI=1S/C17H19BrFNO/c1-3-20-17(14-11-12(18)9-10-15(14)19)13-7-5-6-8-16(13)21-4-2/h5-11,17,20H,3-4H2,1-2H3. The smallest absolute Gasteiger partial charge is 0.128 e. The Bertz CT molecular complexity index is 603. The number of rotatable bonds is 6. The van der Waals surface area contributed by atoms with Crippen LogP contribution in [0.1, 0.15) is 31.0 Å². The van der Waals surface area contributed by atoms with Crippen LogP contribution in [0.25, 0.3) is 0 Å². The summed E-state index contributed by atoms with van der Waals surface area (Å²) >= 11 is 3.41. The maximum Gasteiger partial charge on any atom is 0.128 e. The second kappa shape index (κ2) is 7.57. The lowest BCUT2D eigenvalue weighted by atomic mass is 9.97. The Morgan fingerprint density at radius 1 is 1.14 bits per heavy atom. The van der Waals surface area contributed by atoms with Gasteiger partial charge in [-0.15, -0.1) is 0 Å². The predicted molar refractivity (Wildman–Crippen MR) is 87.2 cm³/mol. The molecule has 0 saturated heterocycles. The highest BCUT2D eigenvalue weighted by Crippen LogP contribution is 2.32. The Hall–Kier alpha value is -1.39. The molecule has 2 aromatic rings. The second-order valence-corrected chi connectivity index (χ2v) is 5.54. The first-order valence-corrected chi connectivity index (χ1v) is 7.86. The van der Waals surface area contributed by atoms with E-state index in [4.69, 9.17) is 4.74 Å². The van der Waals surface area contributed by atoms with Gasteiger partial charge in [-0.05, 0) is 37.7 Å². The molecule has 0 aliphatic heterocycles. The van der Waals surface area contributed by atoms with Crippen molar-refractivity contribution in [2.75, 3.05) is 13.2 Å². The molecule has 0 fully saturated rings. The Labute approximate surface area is 133 Å². The quantitative estimate of drug-likeness (QED) is 0.815. The highest BCUT2D eigenvalue weighted by molar-refractivity contribution is 9.10. The molecular formula is C17H19BrFNO. The Morgan fingerprint density at radius 3 is 2.62 bits per heavy atom. The molecule has 2 aromatic carbocycles. The summed E-state index contributed by atoms with van der Waals surface area (Å²) in [4.78, 5) is 0. The fourth-order valence-electron chi connectivity index (χ4n) is 2.33. The SMILES string of the molecule is CCNC(c1cc(Br)ccc1F)c1ccccc1OCC. The summed E-state index contributed by atoms with van der Waals surface area (Å²) in [5, 5.41) is 3.34. The average molecular weight is 352 g/mol. The number of hydrogen-bond donors (Lipinski definition) is 1. The van der Waals surface area contributed by atoms with Gasteiger partial charge in [0.15, 0.2) is 0 Å². The fraction of sp³-hybridized carbons (Fsp3) is 0.294. The lowest BCUT2D eigenvalue weighted by Crippen LogP contribution is -2.23. The van der Waals surface area contributed by atoms with E-state index < -0.39 is 0 Å². The van der Waals surface area contributed by atoms with Gasteiger partial charge in [-0.25, -0.2) is 4.39 Å². The van der Waals surface area contributed by atoms with E-state index in [-0.39, 0.29) is 11.9 Å². The third kappa shape index (κ3) is 3.83. The van der Waals surface area contributed by atoms with E-state index in [1.165, 1.54) is 6.07 Å². The van der Waals surface area contributed by atoms with Crippen molar-refractivity contribution in [3.63, 3.8) is 0 Å².